The van der Waals surface area contributed by atoms with Crippen LogP contribution in [0, 0.1) is 6.92 Å². The van der Waals surface area contributed by atoms with E-state index in [2.05, 4.69) is 53.3 Å². The molecule has 0 spiro atoms. The Bertz CT molecular complexity index is 495. The maximum absolute atomic E-state index is 3.67. The van der Waals surface area contributed by atoms with E-state index in [9.17, 15) is 0 Å². The predicted molar refractivity (Wildman–Crippen MR) is 83.0 cm³/mol. The third kappa shape index (κ3) is 3.26. The molecule has 1 heterocycles. The molecule has 0 radical (unpaired) electrons. The molecule has 3 rings (SSSR count). The Kier molecular flexibility index (Phi) is 4.00. The van der Waals surface area contributed by atoms with Crippen molar-refractivity contribution in [3.63, 3.8) is 0 Å². The van der Waals surface area contributed by atoms with Gasteiger partial charge in [-0.3, -0.25) is 0 Å². The Hall–Kier alpha value is -1.12. The average molecular weight is 271 g/mol. The van der Waals surface area contributed by atoms with E-state index in [0.29, 0.717) is 0 Å². The Labute approximate surface area is 119 Å². The van der Waals surface area contributed by atoms with Gasteiger partial charge < -0.3 is 5.32 Å². The SMILES string of the molecule is Cc1ccc(C2CC(NCCc3ccsc3)C2)cc1. The van der Waals surface area contributed by atoms with Crippen molar-refractivity contribution in [2.75, 3.05) is 6.54 Å². The molecule has 2 heteroatoms. The van der Waals surface area contributed by atoms with Crippen LogP contribution in [0.1, 0.15) is 35.4 Å². The molecule has 0 bridgehead atoms. The molecular formula is C17H21NS. The molecule has 0 unspecified atom stereocenters. The predicted octanol–water partition coefficient (Wildman–Crippen LogP) is 4.13. The molecule has 1 aliphatic carbocycles. The molecule has 1 fully saturated rings. The van der Waals surface area contributed by atoms with E-state index in [0.717, 1.165) is 24.9 Å². The maximum atomic E-state index is 3.67. The fourth-order valence-electron chi connectivity index (χ4n) is 2.75. The van der Waals surface area contributed by atoms with Crippen LogP contribution in [0.4, 0.5) is 0 Å². The topological polar surface area (TPSA) is 12.0 Å². The molecule has 2 aromatic rings. The van der Waals surface area contributed by atoms with E-state index in [1.54, 1.807) is 11.3 Å². The van der Waals surface area contributed by atoms with Crippen LogP contribution in [0.5, 0.6) is 0 Å². The number of benzene rings is 1. The van der Waals surface area contributed by atoms with Crippen LogP contribution < -0.4 is 5.32 Å². The van der Waals surface area contributed by atoms with Crippen LogP contribution >= 0.6 is 11.3 Å². The molecule has 0 saturated heterocycles. The van der Waals surface area contributed by atoms with Crippen molar-refractivity contribution in [3.05, 3.63) is 57.8 Å². The molecule has 19 heavy (non-hydrogen) atoms. The second-order valence-electron chi connectivity index (χ2n) is 5.61. The Balaban J connectivity index is 1.39. The van der Waals surface area contributed by atoms with Gasteiger partial charge in [-0.15, -0.1) is 0 Å². The van der Waals surface area contributed by atoms with Crippen molar-refractivity contribution in [2.24, 2.45) is 0 Å². The summed E-state index contributed by atoms with van der Waals surface area (Å²) in [5, 5.41) is 8.08. The summed E-state index contributed by atoms with van der Waals surface area (Å²) in [7, 11) is 0. The lowest BCUT2D eigenvalue weighted by atomic mass is 9.75. The van der Waals surface area contributed by atoms with Crippen LogP contribution in [0.25, 0.3) is 0 Å². The summed E-state index contributed by atoms with van der Waals surface area (Å²) in [5.41, 5.74) is 4.34. The molecule has 1 N–H and O–H groups in total. The van der Waals surface area contributed by atoms with Gasteiger partial charge in [-0.2, -0.15) is 11.3 Å². The van der Waals surface area contributed by atoms with Crippen molar-refractivity contribution in [3.8, 4) is 0 Å². The number of aryl methyl sites for hydroxylation is 1. The highest BCUT2D eigenvalue weighted by Gasteiger charge is 2.29. The minimum atomic E-state index is 0.727. The minimum Gasteiger partial charge on any atom is -0.314 e. The van der Waals surface area contributed by atoms with Crippen LogP contribution in [-0.2, 0) is 6.42 Å². The monoisotopic (exact) mass is 271 g/mol. The first-order valence-corrected chi connectivity index (χ1v) is 8.06. The van der Waals surface area contributed by atoms with Gasteiger partial charge in [0.15, 0.2) is 0 Å². The zero-order valence-corrected chi connectivity index (χ0v) is 12.2. The summed E-state index contributed by atoms with van der Waals surface area (Å²) in [5.74, 6) is 0.777. The molecule has 1 saturated carbocycles. The van der Waals surface area contributed by atoms with Gasteiger partial charge in [-0.1, -0.05) is 29.8 Å². The summed E-state index contributed by atoms with van der Waals surface area (Å²) < 4.78 is 0. The summed E-state index contributed by atoms with van der Waals surface area (Å²) >= 11 is 1.79. The van der Waals surface area contributed by atoms with Crippen LogP contribution in [0.15, 0.2) is 41.1 Å². The fourth-order valence-corrected chi connectivity index (χ4v) is 3.45. The van der Waals surface area contributed by atoms with Crippen LogP contribution in [0.3, 0.4) is 0 Å². The van der Waals surface area contributed by atoms with Crippen molar-refractivity contribution in [1.29, 1.82) is 0 Å². The quantitative estimate of drug-likeness (QED) is 0.862. The highest BCUT2D eigenvalue weighted by molar-refractivity contribution is 7.07. The zero-order valence-electron chi connectivity index (χ0n) is 11.4. The maximum Gasteiger partial charge on any atom is 0.00788 e. The first-order valence-electron chi connectivity index (χ1n) is 7.12. The minimum absolute atomic E-state index is 0.727. The summed E-state index contributed by atoms with van der Waals surface area (Å²) in [4.78, 5) is 0. The molecular weight excluding hydrogens is 250 g/mol. The molecule has 1 aromatic heterocycles. The highest BCUT2D eigenvalue weighted by Crippen LogP contribution is 2.36. The second-order valence-corrected chi connectivity index (χ2v) is 6.39. The van der Waals surface area contributed by atoms with E-state index < -0.39 is 0 Å². The van der Waals surface area contributed by atoms with E-state index in [1.165, 1.54) is 29.5 Å². The smallest absolute Gasteiger partial charge is 0.00788 e. The van der Waals surface area contributed by atoms with Gasteiger partial charge in [-0.25, -0.2) is 0 Å². The molecule has 100 valence electrons. The van der Waals surface area contributed by atoms with Crippen molar-refractivity contribution in [1.82, 2.24) is 5.32 Å². The number of nitrogens with one attached hydrogen (secondary N) is 1. The molecule has 0 amide bonds. The van der Waals surface area contributed by atoms with Crippen LogP contribution in [0.2, 0.25) is 0 Å². The van der Waals surface area contributed by atoms with E-state index in [1.807, 2.05) is 0 Å². The summed E-state index contributed by atoms with van der Waals surface area (Å²) in [6.07, 6.45) is 3.76. The number of hydrogen-bond acceptors (Lipinski definition) is 2. The first kappa shape index (κ1) is 12.9. The van der Waals surface area contributed by atoms with Crippen molar-refractivity contribution >= 4 is 11.3 Å². The molecule has 0 atom stereocenters. The summed E-state index contributed by atoms with van der Waals surface area (Å²) in [6.45, 7) is 3.27. The van der Waals surface area contributed by atoms with Gasteiger partial charge in [0.25, 0.3) is 0 Å². The van der Waals surface area contributed by atoms with E-state index in [-0.39, 0.29) is 0 Å². The van der Waals surface area contributed by atoms with Gasteiger partial charge in [0.2, 0.25) is 0 Å². The van der Waals surface area contributed by atoms with Crippen molar-refractivity contribution < 1.29 is 0 Å². The fraction of sp³-hybridized carbons (Fsp3) is 0.412. The number of rotatable bonds is 5. The Morgan fingerprint density at radius 1 is 1.16 bits per heavy atom. The lowest BCUT2D eigenvalue weighted by Crippen LogP contribution is -2.40. The normalized spacial score (nSPS) is 22.2. The lowest BCUT2D eigenvalue weighted by molar-refractivity contribution is 0.293. The molecule has 0 aliphatic heterocycles. The lowest BCUT2D eigenvalue weighted by Gasteiger charge is -2.36. The zero-order chi connectivity index (χ0) is 13.1. The largest absolute Gasteiger partial charge is 0.314 e. The standard InChI is InChI=1S/C17H21NS/c1-13-2-4-15(5-3-13)16-10-17(11-16)18-8-6-14-7-9-19-12-14/h2-5,7,9,12,16-18H,6,8,10-11H2,1H3. The number of thiophene rings is 1. The highest BCUT2D eigenvalue weighted by atomic mass is 32.1. The Morgan fingerprint density at radius 2 is 1.95 bits per heavy atom. The first-order chi connectivity index (χ1) is 9.31. The van der Waals surface area contributed by atoms with E-state index in [4.69, 9.17) is 0 Å². The number of hydrogen-bond donors (Lipinski definition) is 1. The van der Waals surface area contributed by atoms with Gasteiger partial charge in [0.1, 0.15) is 0 Å². The van der Waals surface area contributed by atoms with Gasteiger partial charge in [0.05, 0.1) is 0 Å². The second kappa shape index (κ2) is 5.89. The van der Waals surface area contributed by atoms with Gasteiger partial charge in [-0.05, 0) is 66.6 Å². The van der Waals surface area contributed by atoms with E-state index >= 15 is 0 Å². The Morgan fingerprint density at radius 3 is 2.63 bits per heavy atom. The molecule has 1 nitrogen and oxygen atoms in total. The summed E-state index contributed by atoms with van der Waals surface area (Å²) in [6, 6.07) is 12.0. The average Bonchev–Trinajstić information content (AvgIpc) is 2.87. The van der Waals surface area contributed by atoms with Gasteiger partial charge >= 0.3 is 0 Å². The third-order valence-corrected chi connectivity index (χ3v) is 4.85. The van der Waals surface area contributed by atoms with Crippen LogP contribution in [-0.4, -0.2) is 12.6 Å². The molecule has 1 aromatic carbocycles. The van der Waals surface area contributed by atoms with Gasteiger partial charge in [0, 0.05) is 6.04 Å². The molecule has 1 aliphatic rings. The van der Waals surface area contributed by atoms with Crippen molar-refractivity contribution in [2.45, 2.75) is 38.1 Å². The third-order valence-electron chi connectivity index (χ3n) is 4.11.